The Morgan fingerprint density at radius 1 is 1.00 bits per heavy atom. The van der Waals surface area contributed by atoms with Gasteiger partial charge in [-0.2, -0.15) is 4.31 Å². The summed E-state index contributed by atoms with van der Waals surface area (Å²) >= 11 is 0. The van der Waals surface area contributed by atoms with Crippen LogP contribution in [-0.2, 0) is 39.1 Å². The van der Waals surface area contributed by atoms with Crippen LogP contribution in [0, 0.1) is 0 Å². The van der Waals surface area contributed by atoms with Gasteiger partial charge in [0.15, 0.2) is 12.4 Å². The predicted octanol–water partition coefficient (Wildman–Crippen LogP) is 3.17. The number of furan rings is 1. The Kier molecular flexibility index (Phi) is 6.11. The lowest BCUT2D eigenvalue weighted by atomic mass is 10.0. The number of carbonyl (C=O) groups is 2. The number of methoxy groups -OCH3 is 1. The van der Waals surface area contributed by atoms with Crippen LogP contribution in [0.25, 0.3) is 0 Å². The second-order valence-electron chi connectivity index (χ2n) is 7.21. The summed E-state index contributed by atoms with van der Waals surface area (Å²) < 4.78 is 42.5. The number of esters is 2. The SMILES string of the molecule is COC(=O)c1ccoc1COC(=O)c1ccc(S(=O)(=O)N2CCc3ccccc3C2)cc1. The van der Waals surface area contributed by atoms with Crippen LogP contribution in [0.1, 0.15) is 37.6 Å². The van der Waals surface area contributed by atoms with E-state index in [4.69, 9.17) is 9.15 Å². The molecular weight excluding hydrogens is 434 g/mol. The zero-order chi connectivity index (χ0) is 22.7. The molecule has 32 heavy (non-hydrogen) atoms. The zero-order valence-corrected chi connectivity index (χ0v) is 18.1. The van der Waals surface area contributed by atoms with Crippen molar-refractivity contribution in [3.8, 4) is 0 Å². The molecule has 0 bridgehead atoms. The fourth-order valence-corrected chi connectivity index (χ4v) is 4.96. The van der Waals surface area contributed by atoms with Gasteiger partial charge in [0.05, 0.1) is 23.8 Å². The topological polar surface area (TPSA) is 103 Å². The van der Waals surface area contributed by atoms with Gasteiger partial charge >= 0.3 is 11.9 Å². The number of ether oxygens (including phenoxy) is 2. The van der Waals surface area contributed by atoms with Gasteiger partial charge in [0, 0.05) is 13.1 Å². The van der Waals surface area contributed by atoms with Crippen molar-refractivity contribution in [2.45, 2.75) is 24.5 Å². The number of sulfonamides is 1. The largest absolute Gasteiger partial charge is 0.465 e. The quantitative estimate of drug-likeness (QED) is 0.526. The number of rotatable bonds is 6. The Hall–Kier alpha value is -3.43. The molecule has 8 nitrogen and oxygen atoms in total. The Morgan fingerprint density at radius 2 is 1.72 bits per heavy atom. The van der Waals surface area contributed by atoms with Gasteiger partial charge in [-0.25, -0.2) is 18.0 Å². The Bertz CT molecular complexity index is 1250. The first kappa shape index (κ1) is 21.8. The third kappa shape index (κ3) is 4.30. The van der Waals surface area contributed by atoms with Gasteiger partial charge in [-0.1, -0.05) is 24.3 Å². The molecule has 1 aromatic heterocycles. The molecule has 0 aliphatic carbocycles. The van der Waals surface area contributed by atoms with Crippen LogP contribution < -0.4 is 0 Å². The standard InChI is InChI=1S/C23H21NO7S/c1-29-23(26)20-11-13-30-21(20)15-31-22(25)17-6-8-19(9-7-17)32(27,28)24-12-10-16-4-2-3-5-18(16)14-24/h2-9,11,13H,10,12,14-15H2,1H3. The van der Waals surface area contributed by atoms with E-state index in [-0.39, 0.29) is 28.4 Å². The zero-order valence-electron chi connectivity index (χ0n) is 17.3. The maximum absolute atomic E-state index is 13.0. The molecule has 166 valence electrons. The van der Waals surface area contributed by atoms with E-state index in [1.165, 1.54) is 48.0 Å². The molecule has 0 saturated heterocycles. The molecule has 0 radical (unpaired) electrons. The summed E-state index contributed by atoms with van der Waals surface area (Å²) in [5, 5.41) is 0. The van der Waals surface area contributed by atoms with Crippen LogP contribution in [0.2, 0.25) is 0 Å². The molecule has 1 aliphatic rings. The second-order valence-corrected chi connectivity index (χ2v) is 9.14. The first-order chi connectivity index (χ1) is 15.4. The molecule has 0 saturated carbocycles. The van der Waals surface area contributed by atoms with E-state index in [0.717, 1.165) is 11.1 Å². The van der Waals surface area contributed by atoms with Gasteiger partial charge < -0.3 is 13.9 Å². The molecule has 0 fully saturated rings. The highest BCUT2D eigenvalue weighted by Crippen LogP contribution is 2.25. The fraction of sp³-hybridized carbons (Fsp3) is 0.217. The van der Waals surface area contributed by atoms with Gasteiger partial charge in [-0.3, -0.25) is 0 Å². The van der Waals surface area contributed by atoms with Crippen LogP contribution in [0.4, 0.5) is 0 Å². The van der Waals surface area contributed by atoms with Crippen molar-refractivity contribution in [2.24, 2.45) is 0 Å². The maximum Gasteiger partial charge on any atom is 0.341 e. The fourth-order valence-electron chi connectivity index (χ4n) is 3.55. The van der Waals surface area contributed by atoms with E-state index < -0.39 is 22.0 Å². The molecule has 0 atom stereocenters. The molecule has 1 aliphatic heterocycles. The summed E-state index contributed by atoms with van der Waals surface area (Å²) in [6.07, 6.45) is 1.95. The van der Waals surface area contributed by atoms with E-state index in [9.17, 15) is 18.0 Å². The van der Waals surface area contributed by atoms with Crippen molar-refractivity contribution in [2.75, 3.05) is 13.7 Å². The van der Waals surface area contributed by atoms with E-state index in [1.54, 1.807) is 0 Å². The summed E-state index contributed by atoms with van der Waals surface area (Å²) in [6.45, 7) is 0.451. The molecular formula is C23H21NO7S. The summed E-state index contributed by atoms with van der Waals surface area (Å²) in [5.74, 6) is -1.11. The minimum atomic E-state index is -3.70. The highest BCUT2D eigenvalue weighted by Gasteiger charge is 2.28. The number of fused-ring (bicyclic) bond motifs is 1. The lowest BCUT2D eigenvalue weighted by molar-refractivity contribution is 0.0432. The van der Waals surface area contributed by atoms with Crippen molar-refractivity contribution in [3.63, 3.8) is 0 Å². The molecule has 0 spiro atoms. The normalized spacial score (nSPS) is 13.9. The van der Waals surface area contributed by atoms with Gasteiger partial charge in [-0.05, 0) is 47.9 Å². The van der Waals surface area contributed by atoms with Crippen LogP contribution in [0.15, 0.2) is 70.2 Å². The average Bonchev–Trinajstić information content (AvgIpc) is 3.30. The second kappa shape index (κ2) is 8.97. The third-order valence-electron chi connectivity index (χ3n) is 5.31. The molecule has 2 aromatic carbocycles. The minimum Gasteiger partial charge on any atom is -0.465 e. The summed E-state index contributed by atoms with van der Waals surface area (Å²) in [6, 6.07) is 14.8. The minimum absolute atomic E-state index is 0.104. The number of nitrogens with zero attached hydrogens (tertiary/aromatic N) is 1. The van der Waals surface area contributed by atoms with Crippen LogP contribution in [0.3, 0.4) is 0 Å². The smallest absolute Gasteiger partial charge is 0.341 e. The highest BCUT2D eigenvalue weighted by atomic mass is 32.2. The Labute approximate surface area is 185 Å². The lowest BCUT2D eigenvalue weighted by Crippen LogP contribution is -2.35. The number of benzene rings is 2. The lowest BCUT2D eigenvalue weighted by Gasteiger charge is -2.28. The van der Waals surface area contributed by atoms with Gasteiger partial charge in [0.25, 0.3) is 0 Å². The van der Waals surface area contributed by atoms with E-state index >= 15 is 0 Å². The van der Waals surface area contributed by atoms with Crippen molar-refractivity contribution in [1.29, 1.82) is 0 Å². The molecule has 0 N–H and O–H groups in total. The van der Waals surface area contributed by atoms with Gasteiger partial charge in [0.2, 0.25) is 10.0 Å². The van der Waals surface area contributed by atoms with Crippen molar-refractivity contribution >= 4 is 22.0 Å². The molecule has 9 heteroatoms. The summed E-state index contributed by atoms with van der Waals surface area (Å²) in [5.41, 5.74) is 2.50. The number of carbonyl (C=O) groups excluding carboxylic acids is 2. The van der Waals surface area contributed by atoms with Crippen LogP contribution in [0.5, 0.6) is 0 Å². The highest BCUT2D eigenvalue weighted by molar-refractivity contribution is 7.89. The Balaban J connectivity index is 1.43. The third-order valence-corrected chi connectivity index (χ3v) is 7.17. The van der Waals surface area contributed by atoms with E-state index in [0.29, 0.717) is 19.5 Å². The molecule has 0 unspecified atom stereocenters. The van der Waals surface area contributed by atoms with Gasteiger partial charge in [0.1, 0.15) is 5.56 Å². The average molecular weight is 455 g/mol. The molecule has 2 heterocycles. The van der Waals surface area contributed by atoms with Crippen LogP contribution in [-0.4, -0.2) is 38.3 Å². The predicted molar refractivity (Wildman–Crippen MR) is 113 cm³/mol. The Morgan fingerprint density at radius 3 is 2.44 bits per heavy atom. The maximum atomic E-state index is 13.0. The van der Waals surface area contributed by atoms with Crippen molar-refractivity contribution < 1.29 is 31.9 Å². The van der Waals surface area contributed by atoms with Crippen molar-refractivity contribution in [3.05, 3.63) is 88.9 Å². The molecule has 0 amide bonds. The summed E-state index contributed by atoms with van der Waals surface area (Å²) in [7, 11) is -2.46. The molecule has 4 rings (SSSR count). The van der Waals surface area contributed by atoms with Crippen molar-refractivity contribution in [1.82, 2.24) is 4.31 Å². The van der Waals surface area contributed by atoms with Crippen LogP contribution >= 0.6 is 0 Å². The number of hydrogen-bond donors (Lipinski definition) is 0. The van der Waals surface area contributed by atoms with E-state index in [2.05, 4.69) is 4.74 Å². The first-order valence-electron chi connectivity index (χ1n) is 9.89. The molecule has 3 aromatic rings. The van der Waals surface area contributed by atoms with Gasteiger partial charge in [-0.15, -0.1) is 0 Å². The number of hydrogen-bond acceptors (Lipinski definition) is 7. The van der Waals surface area contributed by atoms with E-state index in [1.807, 2.05) is 24.3 Å². The monoisotopic (exact) mass is 455 g/mol. The summed E-state index contributed by atoms with van der Waals surface area (Å²) in [4.78, 5) is 24.1. The first-order valence-corrected chi connectivity index (χ1v) is 11.3.